The average Bonchev–Trinajstić information content (AvgIpc) is 3.30. The van der Waals surface area contributed by atoms with Gasteiger partial charge in [0.05, 0.1) is 5.69 Å². The number of benzene rings is 1. The molecule has 4 rings (SSSR count). The van der Waals surface area contributed by atoms with Gasteiger partial charge in [0.2, 0.25) is 5.91 Å². The first-order valence-corrected chi connectivity index (χ1v) is 11.4. The summed E-state index contributed by atoms with van der Waals surface area (Å²) in [6.45, 7) is 2.19. The number of amides is 4. The van der Waals surface area contributed by atoms with Crippen LogP contribution in [0.5, 0.6) is 0 Å². The third-order valence-corrected chi connectivity index (χ3v) is 6.68. The van der Waals surface area contributed by atoms with Crippen LogP contribution in [0.3, 0.4) is 0 Å². The number of anilines is 1. The average molecular weight is 427 g/mol. The third kappa shape index (κ3) is 4.09. The van der Waals surface area contributed by atoms with E-state index in [0.29, 0.717) is 18.0 Å². The minimum Gasteiger partial charge on any atom is -0.323 e. The van der Waals surface area contributed by atoms with Crippen molar-refractivity contribution in [2.75, 3.05) is 11.9 Å². The number of carbonyl (C=O) groups excluding carboxylic acids is 3. The molecule has 2 N–H and O–H groups in total. The van der Waals surface area contributed by atoms with E-state index >= 15 is 0 Å². The number of aryl methyl sites for hydroxylation is 1. The van der Waals surface area contributed by atoms with Crippen LogP contribution in [0.2, 0.25) is 0 Å². The molecular weight excluding hydrogens is 400 g/mol. The smallest absolute Gasteiger partial charge is 0.323 e. The number of aromatic nitrogens is 1. The number of thiazole rings is 1. The van der Waals surface area contributed by atoms with Crippen molar-refractivity contribution in [3.63, 3.8) is 0 Å². The van der Waals surface area contributed by atoms with Gasteiger partial charge in [0.1, 0.15) is 5.54 Å². The first-order valence-electron chi connectivity index (χ1n) is 10.5. The molecule has 1 aromatic carbocycles. The van der Waals surface area contributed by atoms with E-state index in [2.05, 4.69) is 34.7 Å². The molecule has 7 nitrogen and oxygen atoms in total. The molecule has 1 spiro atoms. The van der Waals surface area contributed by atoms with Gasteiger partial charge in [-0.15, -0.1) is 11.3 Å². The van der Waals surface area contributed by atoms with E-state index in [-0.39, 0.29) is 30.8 Å². The molecule has 1 saturated heterocycles. The van der Waals surface area contributed by atoms with Gasteiger partial charge in [-0.2, -0.15) is 0 Å². The predicted molar refractivity (Wildman–Crippen MR) is 116 cm³/mol. The minimum atomic E-state index is -0.747. The Kier molecular flexibility index (Phi) is 5.85. The summed E-state index contributed by atoms with van der Waals surface area (Å²) in [5.41, 5.74) is 2.33. The first kappa shape index (κ1) is 20.5. The Morgan fingerprint density at radius 1 is 1.20 bits per heavy atom. The first-order chi connectivity index (χ1) is 14.5. The van der Waals surface area contributed by atoms with Gasteiger partial charge in [-0.25, -0.2) is 9.78 Å². The Labute approximate surface area is 179 Å². The van der Waals surface area contributed by atoms with Crippen molar-refractivity contribution in [2.45, 2.75) is 57.4 Å². The summed E-state index contributed by atoms with van der Waals surface area (Å²) in [7, 11) is 0. The fraction of sp³-hybridized carbons (Fsp3) is 0.455. The molecule has 158 valence electrons. The maximum atomic E-state index is 12.8. The van der Waals surface area contributed by atoms with Crippen molar-refractivity contribution in [3.05, 3.63) is 35.2 Å². The van der Waals surface area contributed by atoms with Crippen molar-refractivity contribution in [1.82, 2.24) is 15.2 Å². The van der Waals surface area contributed by atoms with Crippen LogP contribution >= 0.6 is 11.3 Å². The normalized spacial score (nSPS) is 18.0. The highest BCUT2D eigenvalue weighted by Crippen LogP contribution is 2.33. The van der Waals surface area contributed by atoms with E-state index in [1.807, 2.05) is 17.5 Å². The van der Waals surface area contributed by atoms with Crippen LogP contribution in [-0.2, 0) is 16.0 Å². The van der Waals surface area contributed by atoms with E-state index in [1.165, 1.54) is 21.8 Å². The Balaban J connectivity index is 1.32. The van der Waals surface area contributed by atoms with E-state index in [1.54, 1.807) is 0 Å². The zero-order valence-corrected chi connectivity index (χ0v) is 17.9. The monoisotopic (exact) mass is 426 g/mol. The lowest BCUT2D eigenvalue weighted by atomic mass is 9.82. The summed E-state index contributed by atoms with van der Waals surface area (Å²) >= 11 is 1.36. The van der Waals surface area contributed by atoms with Crippen LogP contribution < -0.4 is 10.6 Å². The molecule has 30 heavy (non-hydrogen) atoms. The number of carbonyl (C=O) groups is 3. The number of hydrogen-bond donors (Lipinski definition) is 2. The molecular formula is C22H26N4O3S. The minimum absolute atomic E-state index is 0.0509. The molecule has 0 bridgehead atoms. The van der Waals surface area contributed by atoms with Crippen LogP contribution in [0.15, 0.2) is 29.6 Å². The van der Waals surface area contributed by atoms with Crippen molar-refractivity contribution >= 4 is 34.3 Å². The lowest BCUT2D eigenvalue weighted by Gasteiger charge is -2.30. The van der Waals surface area contributed by atoms with Gasteiger partial charge in [-0.3, -0.25) is 14.5 Å². The molecule has 8 heteroatoms. The predicted octanol–water partition coefficient (Wildman–Crippen LogP) is 3.96. The summed E-state index contributed by atoms with van der Waals surface area (Å²) in [6, 6.07) is 7.81. The molecule has 1 aromatic heterocycles. The number of imide groups is 1. The Hall–Kier alpha value is -2.74. The molecule has 1 saturated carbocycles. The highest BCUT2D eigenvalue weighted by atomic mass is 32.1. The zero-order valence-electron chi connectivity index (χ0n) is 17.1. The number of urea groups is 1. The second-order valence-corrected chi connectivity index (χ2v) is 8.77. The molecule has 2 heterocycles. The third-order valence-electron chi connectivity index (χ3n) is 5.92. The Morgan fingerprint density at radius 2 is 1.93 bits per heavy atom. The van der Waals surface area contributed by atoms with E-state index in [4.69, 9.17) is 0 Å². The van der Waals surface area contributed by atoms with E-state index in [9.17, 15) is 14.4 Å². The molecule has 2 fully saturated rings. The maximum Gasteiger partial charge on any atom is 0.325 e. The summed E-state index contributed by atoms with van der Waals surface area (Å²) in [5, 5.41) is 8.06. The molecule has 0 radical (unpaired) electrons. The van der Waals surface area contributed by atoms with Gasteiger partial charge >= 0.3 is 6.03 Å². The van der Waals surface area contributed by atoms with Crippen LogP contribution in [-0.4, -0.2) is 39.8 Å². The van der Waals surface area contributed by atoms with E-state index < -0.39 is 5.54 Å². The zero-order chi connectivity index (χ0) is 21.1. The van der Waals surface area contributed by atoms with Gasteiger partial charge in [0.25, 0.3) is 5.91 Å². The van der Waals surface area contributed by atoms with Gasteiger partial charge in [-0.1, -0.05) is 50.5 Å². The molecule has 1 aliphatic carbocycles. The van der Waals surface area contributed by atoms with Crippen molar-refractivity contribution in [2.24, 2.45) is 0 Å². The fourth-order valence-electron chi connectivity index (χ4n) is 4.14. The Morgan fingerprint density at radius 3 is 2.63 bits per heavy atom. The molecule has 1 aliphatic heterocycles. The van der Waals surface area contributed by atoms with Gasteiger partial charge < -0.3 is 10.6 Å². The SMILES string of the molecule is CCc1ccc(-c2csc(NC(=O)CCN3C(=O)NC4(CCCCC4)C3=O)n2)cc1. The number of rotatable bonds is 6. The van der Waals surface area contributed by atoms with Gasteiger partial charge in [0.15, 0.2) is 5.13 Å². The standard InChI is InChI=1S/C22H26N4O3S/c1-2-15-6-8-16(9-7-15)17-14-30-20(23-17)24-18(27)10-13-26-19(28)22(25-21(26)29)11-4-3-5-12-22/h6-9,14H,2-5,10-13H2,1H3,(H,25,29)(H,23,24,27). The van der Waals surface area contributed by atoms with Crippen molar-refractivity contribution in [1.29, 1.82) is 0 Å². The largest absolute Gasteiger partial charge is 0.325 e. The highest BCUT2D eigenvalue weighted by molar-refractivity contribution is 7.14. The summed E-state index contributed by atoms with van der Waals surface area (Å²) in [4.78, 5) is 43.1. The summed E-state index contributed by atoms with van der Waals surface area (Å²) in [6.07, 6.45) is 5.36. The fourth-order valence-corrected chi connectivity index (χ4v) is 4.88. The quantitative estimate of drug-likeness (QED) is 0.684. The number of nitrogens with one attached hydrogen (secondary N) is 2. The van der Waals surface area contributed by atoms with Crippen molar-refractivity contribution < 1.29 is 14.4 Å². The lowest BCUT2D eigenvalue weighted by Crippen LogP contribution is -2.48. The maximum absolute atomic E-state index is 12.8. The second kappa shape index (κ2) is 8.55. The van der Waals surface area contributed by atoms with Crippen LogP contribution in [0.4, 0.5) is 9.93 Å². The Bertz CT molecular complexity index is 948. The highest BCUT2D eigenvalue weighted by Gasteiger charge is 2.51. The molecule has 0 atom stereocenters. The number of hydrogen-bond acceptors (Lipinski definition) is 5. The van der Waals surface area contributed by atoms with Gasteiger partial charge in [-0.05, 0) is 24.8 Å². The summed E-state index contributed by atoms with van der Waals surface area (Å²) in [5.74, 6) is -0.450. The van der Waals surface area contributed by atoms with Crippen LogP contribution in [0, 0.1) is 0 Å². The number of nitrogens with zero attached hydrogens (tertiary/aromatic N) is 2. The van der Waals surface area contributed by atoms with Gasteiger partial charge in [0, 0.05) is 23.9 Å². The molecule has 2 aromatic rings. The lowest BCUT2D eigenvalue weighted by molar-refractivity contribution is -0.132. The molecule has 4 amide bonds. The van der Waals surface area contributed by atoms with Crippen LogP contribution in [0.25, 0.3) is 11.3 Å². The second-order valence-electron chi connectivity index (χ2n) is 7.92. The molecule has 2 aliphatic rings. The van der Waals surface area contributed by atoms with E-state index in [0.717, 1.165) is 36.9 Å². The topological polar surface area (TPSA) is 91.4 Å². The van der Waals surface area contributed by atoms with Crippen LogP contribution in [0.1, 0.15) is 51.0 Å². The van der Waals surface area contributed by atoms with Crippen molar-refractivity contribution in [3.8, 4) is 11.3 Å². The molecule has 0 unspecified atom stereocenters. The summed E-state index contributed by atoms with van der Waals surface area (Å²) < 4.78 is 0.